The van der Waals surface area contributed by atoms with Crippen LogP contribution in [0.5, 0.6) is 0 Å². The third-order valence-corrected chi connectivity index (χ3v) is 15.8. The van der Waals surface area contributed by atoms with Gasteiger partial charge in [-0.3, -0.25) is 28.8 Å². The molecular formula is C72H66F18N6O12. The summed E-state index contributed by atoms with van der Waals surface area (Å²) in [6.07, 6.45) is -31.7. The smallest absolute Gasteiger partial charge is 0.377 e. The Morgan fingerprint density at radius 1 is 0.213 bits per heavy atom. The van der Waals surface area contributed by atoms with Crippen LogP contribution in [0.2, 0.25) is 0 Å². The fraction of sp³-hybridized carbons (Fsp3) is 0.333. The summed E-state index contributed by atoms with van der Waals surface area (Å²) in [7, 11) is 0. The lowest BCUT2D eigenvalue weighted by Crippen LogP contribution is -2.36. The summed E-state index contributed by atoms with van der Waals surface area (Å²) in [6.45, 7) is 1.59. The maximum Gasteiger partial charge on any atom is 0.417 e. The molecule has 36 heteroatoms. The van der Waals surface area contributed by atoms with E-state index in [1.54, 1.807) is 0 Å². The second-order valence-corrected chi connectivity index (χ2v) is 22.9. The lowest BCUT2D eigenvalue weighted by atomic mass is 9.85. The van der Waals surface area contributed by atoms with Crippen molar-refractivity contribution in [2.75, 3.05) is 79.3 Å². The highest BCUT2D eigenvalue weighted by Gasteiger charge is 2.41. The van der Waals surface area contributed by atoms with E-state index in [0.29, 0.717) is 72.8 Å². The summed E-state index contributed by atoms with van der Waals surface area (Å²) in [5.41, 5.74) is -20.6. The molecule has 3 fully saturated rings. The van der Waals surface area contributed by atoms with Crippen LogP contribution in [0.25, 0.3) is 0 Å². The number of hydrogen-bond donors (Lipinski definition) is 6. The van der Waals surface area contributed by atoms with E-state index in [1.165, 1.54) is 0 Å². The molecule has 0 aromatic heterocycles. The number of carbonyl (C=O) groups is 6. The second kappa shape index (κ2) is 38.6. The highest BCUT2D eigenvalue weighted by atomic mass is 19.4. The van der Waals surface area contributed by atoms with Gasteiger partial charge in [0.15, 0.2) is 0 Å². The van der Waals surface area contributed by atoms with Gasteiger partial charge in [0.2, 0.25) is 0 Å². The molecule has 108 heavy (non-hydrogen) atoms. The van der Waals surface area contributed by atoms with Crippen molar-refractivity contribution in [1.29, 1.82) is 0 Å². The monoisotopic (exact) mass is 1550 g/mol. The SMILES string of the molecule is C1COCCO1.C1COCCO1.C1COCCO1.O=C(NCc1c(CNC(=O)c2ccccc2C(F)(F)F)c(CNC(=O)c2ccccc2C(F)(F)F)c(CNC(=O)c2ccccc2C(F)(F)F)c(CNC(=O)c2ccccc2C(F)(F)F)c1CNC(=O)c1ccccc1C(F)(F)F)c1ccccc1C(F)(F)F. The zero-order valence-corrected chi connectivity index (χ0v) is 56.3. The predicted octanol–water partition coefficient (Wildman–Crippen LogP) is 13.5. The van der Waals surface area contributed by atoms with Crippen molar-refractivity contribution in [3.63, 3.8) is 0 Å². The van der Waals surface area contributed by atoms with Crippen molar-refractivity contribution in [1.82, 2.24) is 31.9 Å². The minimum absolute atomic E-state index is 0.458. The largest absolute Gasteiger partial charge is 0.417 e. The third kappa shape index (κ3) is 24.4. The quantitative estimate of drug-likeness (QED) is 0.0441. The van der Waals surface area contributed by atoms with Crippen molar-refractivity contribution in [3.8, 4) is 0 Å². The number of nitrogens with one attached hydrogen (secondary N) is 6. The number of rotatable bonds is 18. The van der Waals surface area contributed by atoms with Gasteiger partial charge in [-0.2, -0.15) is 79.0 Å². The average molecular weight is 1550 g/mol. The number of amides is 6. The first-order valence-corrected chi connectivity index (χ1v) is 32.3. The van der Waals surface area contributed by atoms with Gasteiger partial charge in [-0.25, -0.2) is 0 Å². The minimum atomic E-state index is -5.28. The van der Waals surface area contributed by atoms with Gasteiger partial charge < -0.3 is 60.3 Å². The summed E-state index contributed by atoms with van der Waals surface area (Å²) in [6, 6.07) is 17.8. The molecule has 0 atom stereocenters. The van der Waals surface area contributed by atoms with Crippen molar-refractivity contribution in [3.05, 3.63) is 246 Å². The maximum absolute atomic E-state index is 14.5. The van der Waals surface area contributed by atoms with E-state index in [0.717, 1.165) is 152 Å². The van der Waals surface area contributed by atoms with Crippen molar-refractivity contribution in [2.24, 2.45) is 0 Å². The van der Waals surface area contributed by atoms with Gasteiger partial charge in [0.1, 0.15) is 0 Å². The zero-order chi connectivity index (χ0) is 79.0. The minimum Gasteiger partial charge on any atom is -0.377 e. The van der Waals surface area contributed by atoms with Crippen LogP contribution in [-0.2, 0) is 105 Å². The van der Waals surface area contributed by atoms with E-state index in [-0.39, 0.29) is 0 Å². The Bertz CT molecular complexity index is 3510. The standard InChI is InChI=1S/C60H42F18N6O6.3C4H8O2/c61-55(62,63)43-19-7-1-13-31(43)49(85)79-25-37-38(26-80-50(86)32-14-2-8-20-44(32)56(64,65)66)40(28-82-52(88)34-16-4-10-22-46(34)58(70,71)72)42(30-84-54(90)36-18-6-12-24-48(36)60(76,77)78)41(29-83-53(89)35-17-5-11-23-47(35)59(73,74)75)39(37)27-81-51(87)33-15-3-9-21-45(33)57(67,68)69;3*1-2-6-4-3-5-1/h1-24H,25-30H2,(H,79,85)(H,80,86)(H,81,87)(H,82,88)(H,83,89)(H,84,90);3*1-4H2. The third-order valence-electron chi connectivity index (χ3n) is 15.8. The molecule has 18 nitrogen and oxygen atoms in total. The van der Waals surface area contributed by atoms with Crippen LogP contribution in [0.3, 0.4) is 0 Å². The van der Waals surface area contributed by atoms with Crippen LogP contribution in [0.1, 0.15) is 129 Å². The van der Waals surface area contributed by atoms with Crippen LogP contribution < -0.4 is 31.9 Å². The van der Waals surface area contributed by atoms with Gasteiger partial charge >= 0.3 is 37.1 Å². The molecular weight excluding hydrogens is 1480 g/mol. The molecule has 7 aromatic carbocycles. The Hall–Kier alpha value is -10.1. The molecule has 0 unspecified atom stereocenters. The molecule has 7 aromatic rings. The van der Waals surface area contributed by atoms with Gasteiger partial charge in [-0.05, 0) is 106 Å². The fourth-order valence-electron chi connectivity index (χ4n) is 10.8. The molecule has 0 saturated carbocycles. The summed E-state index contributed by atoms with van der Waals surface area (Å²) >= 11 is 0. The van der Waals surface area contributed by atoms with Gasteiger partial charge in [0, 0.05) is 39.3 Å². The highest BCUT2D eigenvalue weighted by Crippen LogP contribution is 2.39. The zero-order valence-electron chi connectivity index (χ0n) is 56.3. The Kier molecular flexibility index (Phi) is 30.4. The van der Waals surface area contributed by atoms with E-state index in [2.05, 4.69) is 31.9 Å². The predicted molar refractivity (Wildman–Crippen MR) is 347 cm³/mol. The fourth-order valence-corrected chi connectivity index (χ4v) is 10.8. The number of carbonyl (C=O) groups excluding carboxylic acids is 6. The molecule has 0 bridgehead atoms. The van der Waals surface area contributed by atoms with E-state index in [9.17, 15) is 108 Å². The number of hydrogen-bond acceptors (Lipinski definition) is 12. The first-order chi connectivity index (χ1) is 51.0. The maximum atomic E-state index is 14.5. The topological polar surface area (TPSA) is 230 Å². The van der Waals surface area contributed by atoms with Crippen LogP contribution >= 0.6 is 0 Å². The Balaban J connectivity index is 0.000000785. The lowest BCUT2D eigenvalue weighted by molar-refractivity contribution is -0.138. The van der Waals surface area contributed by atoms with Crippen LogP contribution in [0.15, 0.2) is 146 Å². The van der Waals surface area contributed by atoms with Gasteiger partial charge in [0.05, 0.1) is 146 Å². The Morgan fingerprint density at radius 2 is 0.324 bits per heavy atom. The van der Waals surface area contributed by atoms with Gasteiger partial charge in [0.25, 0.3) is 35.4 Å². The molecule has 6 N–H and O–H groups in total. The van der Waals surface area contributed by atoms with Crippen molar-refractivity contribution < 1.29 is 136 Å². The Morgan fingerprint density at radius 3 is 0.426 bits per heavy atom. The van der Waals surface area contributed by atoms with Gasteiger partial charge in [-0.1, -0.05) is 72.8 Å². The van der Waals surface area contributed by atoms with E-state index >= 15 is 0 Å². The first kappa shape index (κ1) is 85.1. The van der Waals surface area contributed by atoms with Gasteiger partial charge in [-0.15, -0.1) is 0 Å². The summed E-state index contributed by atoms with van der Waals surface area (Å²) in [4.78, 5) is 84.6. The second-order valence-electron chi connectivity index (χ2n) is 22.9. The van der Waals surface area contributed by atoms with Crippen LogP contribution in [-0.4, -0.2) is 115 Å². The average Bonchev–Trinajstić information content (AvgIpc) is 0.755. The lowest BCUT2D eigenvalue weighted by Gasteiger charge is -2.29. The molecule has 3 heterocycles. The molecule has 3 aliphatic heterocycles. The van der Waals surface area contributed by atoms with Crippen molar-refractivity contribution in [2.45, 2.75) is 76.3 Å². The number of ether oxygens (including phenoxy) is 6. The van der Waals surface area contributed by atoms with E-state index in [4.69, 9.17) is 28.4 Å². The van der Waals surface area contributed by atoms with Crippen LogP contribution in [0.4, 0.5) is 79.0 Å². The van der Waals surface area contributed by atoms with E-state index in [1.807, 2.05) is 0 Å². The molecule has 582 valence electrons. The summed E-state index contributed by atoms with van der Waals surface area (Å²) in [5, 5.41) is 12.8. The van der Waals surface area contributed by atoms with Crippen LogP contribution in [0, 0.1) is 0 Å². The number of benzene rings is 7. The molecule has 0 radical (unpaired) electrons. The number of alkyl halides is 18. The van der Waals surface area contributed by atoms with Crippen molar-refractivity contribution >= 4 is 35.4 Å². The van der Waals surface area contributed by atoms with E-state index < -0.39 is 212 Å². The molecule has 0 spiro atoms. The highest BCUT2D eigenvalue weighted by molar-refractivity contribution is 5.99. The first-order valence-electron chi connectivity index (χ1n) is 32.3. The molecule has 0 aliphatic carbocycles. The molecule has 6 amide bonds. The summed E-state index contributed by atoms with van der Waals surface area (Å²) in [5.74, 6) is -9.82. The normalized spacial score (nSPS) is 14.2. The Labute approximate surface area is 603 Å². The molecule has 3 saturated heterocycles. The summed E-state index contributed by atoms with van der Waals surface area (Å²) < 4.78 is 290. The molecule has 10 rings (SSSR count). The number of halogens is 18. The molecule has 3 aliphatic rings.